The highest BCUT2D eigenvalue weighted by Gasteiger charge is 2.22. The second-order valence-electron chi connectivity index (χ2n) is 8.32. The minimum absolute atomic E-state index is 0.00758. The van der Waals surface area contributed by atoms with E-state index in [0.717, 1.165) is 66.8 Å². The number of hydrogen-bond donors (Lipinski definition) is 3. The van der Waals surface area contributed by atoms with Crippen LogP contribution in [0.4, 0.5) is 11.6 Å². The van der Waals surface area contributed by atoms with Crippen molar-refractivity contribution in [3.63, 3.8) is 0 Å². The average molecular weight is 434 g/mol. The van der Waals surface area contributed by atoms with Gasteiger partial charge in [-0.05, 0) is 50.9 Å². The van der Waals surface area contributed by atoms with Gasteiger partial charge < -0.3 is 20.7 Å². The zero-order chi connectivity index (χ0) is 21.8. The number of carbonyl (C=O) groups is 1. The van der Waals surface area contributed by atoms with E-state index in [0.29, 0.717) is 25.1 Å². The van der Waals surface area contributed by atoms with E-state index >= 15 is 0 Å². The lowest BCUT2D eigenvalue weighted by Crippen LogP contribution is -2.35. The van der Waals surface area contributed by atoms with Crippen molar-refractivity contribution >= 4 is 28.4 Å². The summed E-state index contributed by atoms with van der Waals surface area (Å²) in [5, 5.41) is 10.7. The summed E-state index contributed by atoms with van der Waals surface area (Å²) in [6.45, 7) is 3.29. The Bertz CT molecular complexity index is 1090. The predicted octanol–water partition coefficient (Wildman–Crippen LogP) is 2.62. The van der Waals surface area contributed by atoms with Crippen LogP contribution in [0.1, 0.15) is 25.7 Å². The summed E-state index contributed by atoms with van der Waals surface area (Å²) < 4.78 is 5.34. The smallest absolute Gasteiger partial charge is 0.228 e. The number of anilines is 2. The molecule has 0 aromatic carbocycles. The quantitative estimate of drug-likeness (QED) is 0.563. The van der Waals surface area contributed by atoms with E-state index in [9.17, 15) is 4.79 Å². The van der Waals surface area contributed by atoms with Gasteiger partial charge in [0.15, 0.2) is 0 Å². The van der Waals surface area contributed by atoms with Crippen LogP contribution >= 0.6 is 0 Å². The SMILES string of the molecule is O=C(Nc1cc2cc(-c3cncc(NC4CCNCC4)n3)cnc2cn1)C1CCOCC1. The van der Waals surface area contributed by atoms with Crippen molar-refractivity contribution in [1.29, 1.82) is 0 Å². The summed E-state index contributed by atoms with van der Waals surface area (Å²) >= 11 is 0. The lowest BCUT2D eigenvalue weighted by atomic mass is 9.99. The van der Waals surface area contributed by atoms with E-state index in [1.807, 2.05) is 12.1 Å². The molecule has 9 heteroatoms. The van der Waals surface area contributed by atoms with E-state index < -0.39 is 0 Å². The lowest BCUT2D eigenvalue weighted by molar-refractivity contribution is -0.122. The molecule has 3 aromatic rings. The van der Waals surface area contributed by atoms with Gasteiger partial charge in [-0.25, -0.2) is 9.97 Å². The van der Waals surface area contributed by atoms with Crippen LogP contribution in [0.2, 0.25) is 0 Å². The number of amides is 1. The van der Waals surface area contributed by atoms with Crippen LogP contribution in [0.15, 0.2) is 36.9 Å². The van der Waals surface area contributed by atoms with Gasteiger partial charge in [0.05, 0.1) is 29.8 Å². The summed E-state index contributed by atoms with van der Waals surface area (Å²) in [5.74, 6) is 1.26. The van der Waals surface area contributed by atoms with Crippen molar-refractivity contribution in [2.24, 2.45) is 5.92 Å². The molecule has 0 unspecified atom stereocenters. The van der Waals surface area contributed by atoms with Gasteiger partial charge in [0.2, 0.25) is 5.91 Å². The topological polar surface area (TPSA) is 114 Å². The van der Waals surface area contributed by atoms with E-state index in [2.05, 4.69) is 30.9 Å². The molecule has 5 rings (SSSR count). The van der Waals surface area contributed by atoms with Crippen molar-refractivity contribution in [3.8, 4) is 11.3 Å². The molecule has 2 aliphatic rings. The number of hydrogen-bond acceptors (Lipinski definition) is 8. The lowest BCUT2D eigenvalue weighted by Gasteiger charge is -2.24. The predicted molar refractivity (Wildman–Crippen MR) is 122 cm³/mol. The molecular formula is C23H27N7O2. The molecule has 3 aromatic heterocycles. The number of pyridine rings is 2. The third kappa shape index (κ3) is 4.84. The number of aromatic nitrogens is 4. The maximum absolute atomic E-state index is 12.5. The summed E-state index contributed by atoms with van der Waals surface area (Å²) in [4.78, 5) is 30.5. The molecule has 0 radical (unpaired) electrons. The standard InChI is InChI=1S/C23H27N7O2/c31-23(15-3-7-32-8-4-15)30-21-10-16-9-17(11-26-19(16)13-27-21)20-12-25-14-22(29-20)28-18-1-5-24-6-2-18/h9-15,18,24H,1-8H2,(H,28,29)(H,27,30,31). The molecule has 3 N–H and O–H groups in total. The van der Waals surface area contributed by atoms with Crippen LogP contribution in [-0.4, -0.2) is 58.2 Å². The highest BCUT2D eigenvalue weighted by molar-refractivity contribution is 5.94. The molecule has 2 saturated heterocycles. The van der Waals surface area contributed by atoms with Crippen molar-refractivity contribution in [3.05, 3.63) is 36.9 Å². The van der Waals surface area contributed by atoms with Gasteiger partial charge >= 0.3 is 0 Å². The van der Waals surface area contributed by atoms with Crippen molar-refractivity contribution in [2.75, 3.05) is 36.9 Å². The molecule has 5 heterocycles. The van der Waals surface area contributed by atoms with Gasteiger partial charge in [-0.2, -0.15) is 0 Å². The fourth-order valence-corrected chi connectivity index (χ4v) is 4.18. The first-order valence-corrected chi connectivity index (χ1v) is 11.2. The number of fused-ring (bicyclic) bond motifs is 1. The molecule has 0 atom stereocenters. The second kappa shape index (κ2) is 9.54. The zero-order valence-corrected chi connectivity index (χ0v) is 17.9. The maximum atomic E-state index is 12.5. The molecule has 2 aliphatic heterocycles. The monoisotopic (exact) mass is 433 g/mol. The van der Waals surface area contributed by atoms with Crippen LogP contribution in [0.5, 0.6) is 0 Å². The van der Waals surface area contributed by atoms with Crippen LogP contribution in [0.25, 0.3) is 22.2 Å². The first-order valence-electron chi connectivity index (χ1n) is 11.2. The van der Waals surface area contributed by atoms with Gasteiger partial charge in [-0.15, -0.1) is 0 Å². The van der Waals surface area contributed by atoms with Crippen LogP contribution in [-0.2, 0) is 9.53 Å². The zero-order valence-electron chi connectivity index (χ0n) is 17.9. The summed E-state index contributed by atoms with van der Waals surface area (Å²) in [6.07, 6.45) is 10.6. The van der Waals surface area contributed by atoms with Crippen molar-refractivity contribution < 1.29 is 9.53 Å². The molecule has 0 spiro atoms. The number of ether oxygens (including phenoxy) is 1. The fourth-order valence-electron chi connectivity index (χ4n) is 4.18. The average Bonchev–Trinajstić information content (AvgIpc) is 2.85. The molecule has 0 bridgehead atoms. The molecule has 0 saturated carbocycles. The minimum Gasteiger partial charge on any atom is -0.381 e. The minimum atomic E-state index is -0.0313. The highest BCUT2D eigenvalue weighted by Crippen LogP contribution is 2.24. The van der Waals surface area contributed by atoms with Gasteiger partial charge in [-0.3, -0.25) is 14.8 Å². The summed E-state index contributed by atoms with van der Waals surface area (Å²) in [5.41, 5.74) is 2.38. The largest absolute Gasteiger partial charge is 0.381 e. The van der Waals surface area contributed by atoms with E-state index in [-0.39, 0.29) is 11.8 Å². The summed E-state index contributed by atoms with van der Waals surface area (Å²) in [7, 11) is 0. The van der Waals surface area contributed by atoms with Gasteiger partial charge in [0, 0.05) is 42.3 Å². The Kier molecular flexibility index (Phi) is 6.17. The number of carbonyl (C=O) groups excluding carboxylic acids is 1. The van der Waals surface area contributed by atoms with E-state index in [4.69, 9.17) is 9.72 Å². The molecule has 1 amide bonds. The van der Waals surface area contributed by atoms with Gasteiger partial charge in [0.1, 0.15) is 11.6 Å². The van der Waals surface area contributed by atoms with E-state index in [1.54, 1.807) is 24.8 Å². The maximum Gasteiger partial charge on any atom is 0.228 e. The Labute approximate surface area is 186 Å². The third-order valence-electron chi connectivity index (χ3n) is 6.03. The normalized spacial score (nSPS) is 17.9. The highest BCUT2D eigenvalue weighted by atomic mass is 16.5. The van der Waals surface area contributed by atoms with Crippen molar-refractivity contribution in [2.45, 2.75) is 31.7 Å². The molecule has 9 nitrogen and oxygen atoms in total. The first kappa shape index (κ1) is 20.7. The Balaban J connectivity index is 1.34. The Morgan fingerprint density at radius 1 is 0.969 bits per heavy atom. The Morgan fingerprint density at radius 2 is 1.81 bits per heavy atom. The van der Waals surface area contributed by atoms with Crippen LogP contribution in [0.3, 0.4) is 0 Å². The van der Waals surface area contributed by atoms with Gasteiger partial charge in [0.25, 0.3) is 0 Å². The molecule has 166 valence electrons. The van der Waals surface area contributed by atoms with Crippen molar-refractivity contribution in [1.82, 2.24) is 25.3 Å². The van der Waals surface area contributed by atoms with Crippen LogP contribution in [0, 0.1) is 5.92 Å². The number of nitrogens with one attached hydrogen (secondary N) is 3. The Hall–Kier alpha value is -3.17. The molecule has 32 heavy (non-hydrogen) atoms. The number of piperidine rings is 1. The number of nitrogens with zero attached hydrogens (tertiary/aromatic N) is 4. The molecule has 2 fully saturated rings. The molecule has 0 aliphatic carbocycles. The second-order valence-corrected chi connectivity index (χ2v) is 8.32. The first-order chi connectivity index (χ1) is 15.7. The Morgan fingerprint density at radius 3 is 2.66 bits per heavy atom. The third-order valence-corrected chi connectivity index (χ3v) is 6.03. The van der Waals surface area contributed by atoms with Gasteiger partial charge in [-0.1, -0.05) is 0 Å². The molecular weight excluding hydrogens is 406 g/mol. The number of rotatable bonds is 5. The van der Waals surface area contributed by atoms with Crippen LogP contribution < -0.4 is 16.0 Å². The summed E-state index contributed by atoms with van der Waals surface area (Å²) in [6, 6.07) is 4.27. The fraction of sp³-hybridized carbons (Fsp3) is 0.435. The van der Waals surface area contributed by atoms with E-state index in [1.165, 1.54) is 0 Å².